The van der Waals surface area contributed by atoms with Gasteiger partial charge in [0.25, 0.3) is 0 Å². The molecule has 0 radical (unpaired) electrons. The first-order chi connectivity index (χ1) is 12.6. The number of benzene rings is 1. The van der Waals surface area contributed by atoms with E-state index < -0.39 is 9.84 Å². The molecule has 8 heteroatoms. The minimum absolute atomic E-state index is 0. The maximum atomic E-state index is 11.4. The minimum Gasteiger partial charge on any atom is -0.459 e. The van der Waals surface area contributed by atoms with Crippen LogP contribution in [0.5, 0.6) is 0 Å². The lowest BCUT2D eigenvalue weighted by atomic mass is 9.90. The molecule has 0 aliphatic carbocycles. The molecule has 28 heavy (non-hydrogen) atoms. The van der Waals surface area contributed by atoms with Crippen LogP contribution in [0.15, 0.2) is 33.7 Å². The number of para-hydroxylation sites is 1. The van der Waals surface area contributed by atoms with Gasteiger partial charge in [-0.3, -0.25) is 0 Å². The van der Waals surface area contributed by atoms with Crippen LogP contribution in [0.3, 0.4) is 0 Å². The number of hydrogen-bond acceptors (Lipinski definition) is 4. The second kappa shape index (κ2) is 10.5. The smallest absolute Gasteiger partial charge is 0.191 e. The molecule has 0 amide bonds. The Labute approximate surface area is 185 Å². The third-order valence-electron chi connectivity index (χ3n) is 4.55. The topological polar surface area (TPSA) is 83.7 Å². The van der Waals surface area contributed by atoms with Gasteiger partial charge in [0, 0.05) is 30.3 Å². The Balaban J connectivity index is 0.00000392. The Morgan fingerprint density at radius 1 is 1.21 bits per heavy atom. The maximum Gasteiger partial charge on any atom is 0.191 e. The molecule has 1 aromatic heterocycles. The first kappa shape index (κ1) is 24.7. The standard InChI is InChI=1S/C20H31N3O3S.HI/c1-6-21-19(23-14-20(3,4)11-12-27(5,24)25)22-13-18-15(2)16-9-7-8-10-17(16)26-18;/h7-10H,6,11-14H2,1-5H3,(H2,21,22,23);1H. The van der Waals surface area contributed by atoms with Gasteiger partial charge < -0.3 is 15.1 Å². The molecule has 158 valence electrons. The van der Waals surface area contributed by atoms with E-state index in [-0.39, 0.29) is 35.1 Å². The highest BCUT2D eigenvalue weighted by atomic mass is 127. The minimum atomic E-state index is -2.96. The zero-order valence-corrected chi connectivity index (χ0v) is 20.5. The summed E-state index contributed by atoms with van der Waals surface area (Å²) >= 11 is 0. The Hall–Kier alpha value is -1.29. The molecule has 0 spiro atoms. The molecule has 1 aromatic carbocycles. The van der Waals surface area contributed by atoms with E-state index in [4.69, 9.17) is 4.42 Å². The van der Waals surface area contributed by atoms with Gasteiger partial charge in [-0.2, -0.15) is 0 Å². The summed E-state index contributed by atoms with van der Waals surface area (Å²) in [6.07, 6.45) is 1.87. The quantitative estimate of drug-likeness (QED) is 0.313. The number of nitrogens with zero attached hydrogens (tertiary/aromatic N) is 1. The molecular weight excluding hydrogens is 489 g/mol. The van der Waals surface area contributed by atoms with Gasteiger partial charge in [0.1, 0.15) is 27.7 Å². The third-order valence-corrected chi connectivity index (χ3v) is 5.50. The summed E-state index contributed by atoms with van der Waals surface area (Å²) in [4.78, 5) is 4.63. The Bertz CT molecular complexity index is 905. The monoisotopic (exact) mass is 521 g/mol. The van der Waals surface area contributed by atoms with Gasteiger partial charge in [-0.15, -0.1) is 24.0 Å². The first-order valence-electron chi connectivity index (χ1n) is 9.28. The third kappa shape index (κ3) is 7.62. The molecule has 2 rings (SSSR count). The van der Waals surface area contributed by atoms with Crippen LogP contribution in [-0.2, 0) is 16.4 Å². The van der Waals surface area contributed by atoms with E-state index in [2.05, 4.69) is 35.5 Å². The maximum absolute atomic E-state index is 11.4. The summed E-state index contributed by atoms with van der Waals surface area (Å²) in [7, 11) is -2.96. The molecule has 0 unspecified atom stereocenters. The van der Waals surface area contributed by atoms with Crippen LogP contribution in [0.2, 0.25) is 0 Å². The van der Waals surface area contributed by atoms with E-state index >= 15 is 0 Å². The number of sulfone groups is 1. The summed E-state index contributed by atoms with van der Waals surface area (Å²) in [5.41, 5.74) is 1.83. The van der Waals surface area contributed by atoms with Crippen molar-refractivity contribution in [3.05, 3.63) is 35.6 Å². The van der Waals surface area contributed by atoms with Gasteiger partial charge in [-0.1, -0.05) is 32.0 Å². The largest absolute Gasteiger partial charge is 0.459 e. The van der Waals surface area contributed by atoms with Crippen LogP contribution < -0.4 is 10.6 Å². The van der Waals surface area contributed by atoms with Gasteiger partial charge in [-0.05, 0) is 31.7 Å². The molecule has 1 heterocycles. The molecule has 6 nitrogen and oxygen atoms in total. The van der Waals surface area contributed by atoms with E-state index in [0.29, 0.717) is 25.5 Å². The molecule has 0 saturated carbocycles. The highest BCUT2D eigenvalue weighted by Crippen LogP contribution is 2.25. The summed E-state index contributed by atoms with van der Waals surface area (Å²) in [5.74, 6) is 1.74. The normalized spacial score (nSPS) is 12.7. The van der Waals surface area contributed by atoms with Crippen molar-refractivity contribution in [1.82, 2.24) is 10.6 Å². The predicted molar refractivity (Wildman–Crippen MR) is 127 cm³/mol. The number of guanidine groups is 1. The van der Waals surface area contributed by atoms with E-state index in [0.717, 1.165) is 28.8 Å². The summed E-state index contributed by atoms with van der Waals surface area (Å²) in [5, 5.41) is 7.67. The van der Waals surface area contributed by atoms with Crippen LogP contribution in [0, 0.1) is 12.3 Å². The van der Waals surface area contributed by atoms with Gasteiger partial charge >= 0.3 is 0 Å². The highest BCUT2D eigenvalue weighted by molar-refractivity contribution is 14.0. The van der Waals surface area contributed by atoms with Crippen molar-refractivity contribution in [3.8, 4) is 0 Å². The van der Waals surface area contributed by atoms with Crippen molar-refractivity contribution >= 4 is 50.7 Å². The molecule has 0 aliphatic rings. The summed E-state index contributed by atoms with van der Waals surface area (Å²) in [6.45, 7) is 9.99. The molecule has 0 fully saturated rings. The van der Waals surface area contributed by atoms with Crippen LogP contribution in [0.1, 0.15) is 38.5 Å². The second-order valence-corrected chi connectivity index (χ2v) is 10.00. The fourth-order valence-corrected chi connectivity index (χ4v) is 3.66. The number of rotatable bonds is 8. The molecule has 0 saturated heterocycles. The lowest BCUT2D eigenvalue weighted by Crippen LogP contribution is -2.42. The van der Waals surface area contributed by atoms with E-state index in [1.165, 1.54) is 6.26 Å². The highest BCUT2D eigenvalue weighted by Gasteiger charge is 2.20. The molecule has 2 N–H and O–H groups in total. The van der Waals surface area contributed by atoms with Crippen LogP contribution in [0.25, 0.3) is 11.0 Å². The number of aliphatic imine (C=N–C) groups is 1. The van der Waals surface area contributed by atoms with E-state index in [9.17, 15) is 8.42 Å². The Morgan fingerprint density at radius 2 is 1.89 bits per heavy atom. The van der Waals surface area contributed by atoms with E-state index in [1.54, 1.807) is 0 Å². The Kier molecular flexibility index (Phi) is 9.26. The number of aryl methyl sites for hydroxylation is 1. The lowest BCUT2D eigenvalue weighted by Gasteiger charge is -2.25. The number of hydrogen-bond donors (Lipinski definition) is 2. The molecular formula is C20H32IN3O3S. The average Bonchev–Trinajstić information content (AvgIpc) is 2.92. The fraction of sp³-hybridized carbons (Fsp3) is 0.550. The zero-order chi connectivity index (χ0) is 20.1. The van der Waals surface area contributed by atoms with Crippen LogP contribution in [0.4, 0.5) is 0 Å². The van der Waals surface area contributed by atoms with Crippen molar-refractivity contribution in [2.45, 2.75) is 40.7 Å². The van der Waals surface area contributed by atoms with Crippen molar-refractivity contribution < 1.29 is 12.8 Å². The molecule has 0 aliphatic heterocycles. The summed E-state index contributed by atoms with van der Waals surface area (Å²) in [6, 6.07) is 7.98. The lowest BCUT2D eigenvalue weighted by molar-refractivity contribution is 0.348. The summed E-state index contributed by atoms with van der Waals surface area (Å²) < 4.78 is 28.8. The van der Waals surface area contributed by atoms with Crippen molar-refractivity contribution in [1.29, 1.82) is 0 Å². The van der Waals surface area contributed by atoms with Crippen LogP contribution in [-0.4, -0.2) is 39.5 Å². The van der Waals surface area contributed by atoms with Gasteiger partial charge in [0.05, 0.1) is 5.75 Å². The number of nitrogens with one attached hydrogen (secondary N) is 2. The van der Waals surface area contributed by atoms with Gasteiger partial charge in [-0.25, -0.2) is 13.4 Å². The molecule has 0 bridgehead atoms. The van der Waals surface area contributed by atoms with Crippen LogP contribution >= 0.6 is 24.0 Å². The fourth-order valence-electron chi connectivity index (χ4n) is 2.74. The molecule has 2 aromatic rings. The van der Waals surface area contributed by atoms with Gasteiger partial charge in [0.2, 0.25) is 0 Å². The van der Waals surface area contributed by atoms with Crippen molar-refractivity contribution in [3.63, 3.8) is 0 Å². The average molecular weight is 521 g/mol. The first-order valence-corrected chi connectivity index (χ1v) is 11.3. The zero-order valence-electron chi connectivity index (χ0n) is 17.3. The van der Waals surface area contributed by atoms with E-state index in [1.807, 2.05) is 32.0 Å². The van der Waals surface area contributed by atoms with Crippen molar-refractivity contribution in [2.75, 3.05) is 25.1 Å². The van der Waals surface area contributed by atoms with Gasteiger partial charge in [0.15, 0.2) is 5.96 Å². The number of fused-ring (bicyclic) bond motifs is 1. The predicted octanol–water partition coefficient (Wildman–Crippen LogP) is 3.88. The van der Waals surface area contributed by atoms with Crippen molar-refractivity contribution in [2.24, 2.45) is 10.4 Å². The number of furan rings is 1. The Morgan fingerprint density at radius 3 is 2.50 bits per heavy atom. The SMILES string of the molecule is CCNC(=NCc1oc2ccccc2c1C)NCC(C)(C)CCS(C)(=O)=O.I. The molecule has 0 atom stereocenters. The number of halogens is 1. The second-order valence-electron chi connectivity index (χ2n) is 7.74.